The fourth-order valence-corrected chi connectivity index (χ4v) is 1.75. The summed E-state index contributed by atoms with van der Waals surface area (Å²) in [5, 5.41) is 12.2. The number of nitrogens with one attached hydrogen (secondary N) is 1. The molecule has 1 heterocycles. The van der Waals surface area contributed by atoms with E-state index in [1.807, 2.05) is 18.2 Å². The highest BCUT2D eigenvalue weighted by molar-refractivity contribution is 5.39. The number of anilines is 1. The first-order valence-corrected chi connectivity index (χ1v) is 6.11. The largest absolute Gasteiger partial charge is 0.573 e. The van der Waals surface area contributed by atoms with Crippen LogP contribution in [0, 0.1) is 0 Å². The highest BCUT2D eigenvalue weighted by Crippen LogP contribution is 2.22. The minimum Gasteiger partial charge on any atom is -0.404 e. The van der Waals surface area contributed by atoms with Gasteiger partial charge in [0.2, 0.25) is 0 Å². The maximum atomic E-state index is 12.0. The maximum Gasteiger partial charge on any atom is 0.573 e. The molecule has 0 radical (unpaired) electrons. The van der Waals surface area contributed by atoms with Crippen LogP contribution >= 0.6 is 0 Å². The van der Waals surface area contributed by atoms with Gasteiger partial charge in [-0.25, -0.2) is 4.98 Å². The summed E-state index contributed by atoms with van der Waals surface area (Å²) < 4.78 is 39.7. The third kappa shape index (κ3) is 4.64. The zero-order valence-corrected chi connectivity index (χ0v) is 10.9. The molecule has 0 aliphatic carbocycles. The van der Waals surface area contributed by atoms with Crippen molar-refractivity contribution in [3.05, 3.63) is 53.7 Å². The SMILES string of the molecule is OCc1ccccc1CNc1ccc(OC(F)(F)F)cn1. The number of aliphatic hydroxyl groups excluding tert-OH is 1. The first kappa shape index (κ1) is 15.1. The number of ether oxygens (including phenoxy) is 1. The zero-order valence-electron chi connectivity index (χ0n) is 10.9. The van der Waals surface area contributed by atoms with Crippen molar-refractivity contribution >= 4 is 5.82 Å². The summed E-state index contributed by atoms with van der Waals surface area (Å²) in [6, 6.07) is 9.87. The molecule has 1 aromatic heterocycles. The molecular formula is C14H13F3N2O2. The quantitative estimate of drug-likeness (QED) is 0.890. The van der Waals surface area contributed by atoms with E-state index in [0.717, 1.165) is 17.3 Å². The number of rotatable bonds is 5. The second-order valence-corrected chi connectivity index (χ2v) is 4.21. The number of aliphatic hydroxyl groups is 1. The average Bonchev–Trinajstić information content (AvgIpc) is 2.45. The number of hydrogen-bond donors (Lipinski definition) is 2. The van der Waals surface area contributed by atoms with Gasteiger partial charge in [-0.1, -0.05) is 24.3 Å². The molecule has 1 aromatic carbocycles. The molecule has 7 heteroatoms. The van der Waals surface area contributed by atoms with Gasteiger partial charge in [0.1, 0.15) is 11.6 Å². The molecular weight excluding hydrogens is 285 g/mol. The van der Waals surface area contributed by atoms with Crippen LogP contribution < -0.4 is 10.1 Å². The van der Waals surface area contributed by atoms with Crippen molar-refractivity contribution < 1.29 is 23.0 Å². The molecule has 0 fully saturated rings. The van der Waals surface area contributed by atoms with Gasteiger partial charge in [-0.3, -0.25) is 0 Å². The summed E-state index contributed by atoms with van der Waals surface area (Å²) in [4.78, 5) is 3.83. The van der Waals surface area contributed by atoms with E-state index in [4.69, 9.17) is 0 Å². The van der Waals surface area contributed by atoms with Crippen LogP contribution in [-0.4, -0.2) is 16.5 Å². The molecule has 2 rings (SSSR count). The van der Waals surface area contributed by atoms with Gasteiger partial charge >= 0.3 is 6.36 Å². The summed E-state index contributed by atoms with van der Waals surface area (Å²) in [5.41, 5.74) is 1.67. The molecule has 0 saturated carbocycles. The predicted molar refractivity (Wildman–Crippen MR) is 70.6 cm³/mol. The molecule has 21 heavy (non-hydrogen) atoms. The molecule has 2 aromatic rings. The van der Waals surface area contributed by atoms with Gasteiger partial charge in [0.25, 0.3) is 0 Å². The highest BCUT2D eigenvalue weighted by Gasteiger charge is 2.31. The Balaban J connectivity index is 1.98. The minimum absolute atomic E-state index is 0.0797. The number of benzene rings is 1. The predicted octanol–water partition coefficient (Wildman–Crippen LogP) is 3.08. The van der Waals surface area contributed by atoms with Gasteiger partial charge in [-0.15, -0.1) is 13.2 Å². The summed E-state index contributed by atoms with van der Waals surface area (Å²) in [5.74, 6) is 0.0427. The Bertz CT molecular complexity index is 586. The van der Waals surface area contributed by atoms with Gasteiger partial charge in [0, 0.05) is 6.54 Å². The molecule has 0 saturated heterocycles. The van der Waals surface area contributed by atoms with E-state index < -0.39 is 6.36 Å². The summed E-state index contributed by atoms with van der Waals surface area (Å²) in [6.07, 6.45) is -3.73. The van der Waals surface area contributed by atoms with Gasteiger partial charge in [0.05, 0.1) is 12.8 Å². The minimum atomic E-state index is -4.73. The van der Waals surface area contributed by atoms with Gasteiger partial charge in [0.15, 0.2) is 0 Å². The van der Waals surface area contributed by atoms with E-state index >= 15 is 0 Å². The van der Waals surface area contributed by atoms with Crippen molar-refractivity contribution in [1.82, 2.24) is 4.98 Å². The first-order chi connectivity index (χ1) is 9.98. The standard InChI is InChI=1S/C14H13F3N2O2/c15-14(16,17)21-12-5-6-13(19-8-12)18-7-10-3-1-2-4-11(10)9-20/h1-6,8,20H,7,9H2,(H,18,19). The fourth-order valence-electron chi connectivity index (χ4n) is 1.75. The lowest BCUT2D eigenvalue weighted by molar-refractivity contribution is -0.274. The molecule has 0 spiro atoms. The Morgan fingerprint density at radius 1 is 1.10 bits per heavy atom. The van der Waals surface area contributed by atoms with Crippen LogP contribution in [0.3, 0.4) is 0 Å². The zero-order chi connectivity index (χ0) is 15.3. The Hall–Kier alpha value is -2.28. The maximum absolute atomic E-state index is 12.0. The molecule has 0 bridgehead atoms. The van der Waals surface area contributed by atoms with Crippen molar-refractivity contribution in [3.8, 4) is 5.75 Å². The molecule has 112 valence electrons. The van der Waals surface area contributed by atoms with E-state index in [1.165, 1.54) is 12.1 Å². The van der Waals surface area contributed by atoms with Gasteiger partial charge < -0.3 is 15.2 Å². The number of aromatic nitrogens is 1. The third-order valence-electron chi connectivity index (χ3n) is 2.72. The molecule has 0 unspecified atom stereocenters. The van der Waals surface area contributed by atoms with Crippen LogP contribution in [0.2, 0.25) is 0 Å². The van der Waals surface area contributed by atoms with Crippen LogP contribution in [0.4, 0.5) is 19.0 Å². The first-order valence-electron chi connectivity index (χ1n) is 6.11. The molecule has 0 amide bonds. The second-order valence-electron chi connectivity index (χ2n) is 4.21. The Kier molecular flexibility index (Phi) is 4.64. The molecule has 2 N–H and O–H groups in total. The van der Waals surface area contributed by atoms with E-state index in [2.05, 4.69) is 15.0 Å². The number of halogens is 3. The lowest BCUT2D eigenvalue weighted by Crippen LogP contribution is -2.17. The van der Waals surface area contributed by atoms with E-state index in [9.17, 15) is 18.3 Å². The van der Waals surface area contributed by atoms with Gasteiger partial charge in [-0.2, -0.15) is 0 Å². The summed E-state index contributed by atoms with van der Waals surface area (Å²) >= 11 is 0. The Labute approximate surface area is 119 Å². The third-order valence-corrected chi connectivity index (χ3v) is 2.72. The van der Waals surface area contributed by atoms with Crippen molar-refractivity contribution in [3.63, 3.8) is 0 Å². The highest BCUT2D eigenvalue weighted by atomic mass is 19.4. The number of hydrogen-bond acceptors (Lipinski definition) is 4. The van der Waals surface area contributed by atoms with Crippen LogP contribution in [0.5, 0.6) is 5.75 Å². The number of nitrogens with zero attached hydrogens (tertiary/aromatic N) is 1. The Morgan fingerprint density at radius 2 is 1.81 bits per heavy atom. The monoisotopic (exact) mass is 298 g/mol. The normalized spacial score (nSPS) is 11.2. The fraction of sp³-hybridized carbons (Fsp3) is 0.214. The average molecular weight is 298 g/mol. The molecule has 0 aliphatic heterocycles. The van der Waals surface area contributed by atoms with E-state index in [0.29, 0.717) is 12.4 Å². The number of alkyl halides is 3. The van der Waals surface area contributed by atoms with Crippen LogP contribution in [0.15, 0.2) is 42.6 Å². The second kappa shape index (κ2) is 6.45. The lowest BCUT2D eigenvalue weighted by atomic mass is 10.1. The van der Waals surface area contributed by atoms with Crippen molar-refractivity contribution in [1.29, 1.82) is 0 Å². The van der Waals surface area contributed by atoms with Crippen LogP contribution in [0.1, 0.15) is 11.1 Å². The lowest BCUT2D eigenvalue weighted by Gasteiger charge is -2.11. The van der Waals surface area contributed by atoms with Crippen molar-refractivity contribution in [2.24, 2.45) is 0 Å². The Morgan fingerprint density at radius 3 is 2.38 bits per heavy atom. The van der Waals surface area contributed by atoms with Crippen molar-refractivity contribution in [2.75, 3.05) is 5.32 Å². The summed E-state index contributed by atoms with van der Waals surface area (Å²) in [6.45, 7) is 0.326. The molecule has 4 nitrogen and oxygen atoms in total. The van der Waals surface area contributed by atoms with E-state index in [1.54, 1.807) is 6.07 Å². The topological polar surface area (TPSA) is 54.4 Å². The smallest absolute Gasteiger partial charge is 0.404 e. The van der Waals surface area contributed by atoms with E-state index in [-0.39, 0.29) is 12.4 Å². The molecule has 0 aliphatic rings. The van der Waals surface area contributed by atoms with Crippen molar-refractivity contribution in [2.45, 2.75) is 19.5 Å². The van der Waals surface area contributed by atoms with Gasteiger partial charge in [-0.05, 0) is 23.3 Å². The number of pyridine rings is 1. The summed E-state index contributed by atoms with van der Waals surface area (Å²) in [7, 11) is 0. The molecule has 0 atom stereocenters. The van der Waals surface area contributed by atoms with Crippen LogP contribution in [-0.2, 0) is 13.2 Å². The van der Waals surface area contributed by atoms with Crippen LogP contribution in [0.25, 0.3) is 0 Å².